The second-order valence-electron chi connectivity index (χ2n) is 6.56. The van der Waals surface area contributed by atoms with E-state index in [4.69, 9.17) is 4.55 Å². The number of hydrogen-bond acceptors (Lipinski definition) is 8. The van der Waals surface area contributed by atoms with E-state index >= 15 is 0 Å². The van der Waals surface area contributed by atoms with E-state index in [1.807, 2.05) is 0 Å². The first kappa shape index (κ1) is 21.3. The van der Waals surface area contributed by atoms with Gasteiger partial charge in [-0.3, -0.25) is 23.7 Å². The molecule has 1 atom stereocenters. The Morgan fingerprint density at radius 2 is 1.67 bits per heavy atom. The van der Waals surface area contributed by atoms with Gasteiger partial charge in [0.1, 0.15) is 0 Å². The number of anilines is 1. The summed E-state index contributed by atoms with van der Waals surface area (Å²) in [5.41, 5.74) is 1.22. The van der Waals surface area contributed by atoms with Crippen molar-refractivity contribution in [2.24, 2.45) is 0 Å². The van der Waals surface area contributed by atoms with Gasteiger partial charge in [-0.25, -0.2) is 9.69 Å². The highest BCUT2D eigenvalue weighted by Gasteiger charge is 2.48. The van der Waals surface area contributed by atoms with Crippen molar-refractivity contribution in [1.29, 1.82) is 0 Å². The Balaban J connectivity index is 1.49. The first-order valence-electron chi connectivity index (χ1n) is 8.77. The predicted molar refractivity (Wildman–Crippen MR) is 98.9 cm³/mol. The maximum atomic E-state index is 11.9. The van der Waals surface area contributed by atoms with Crippen molar-refractivity contribution in [1.82, 2.24) is 5.06 Å². The molecule has 0 aromatic heterocycles. The molecule has 3 rings (SSSR count). The lowest BCUT2D eigenvalue weighted by molar-refractivity contribution is -0.197. The normalized spacial score (nSPS) is 19.2. The fourth-order valence-corrected chi connectivity index (χ4v) is 3.67. The van der Waals surface area contributed by atoms with E-state index in [2.05, 4.69) is 4.84 Å². The molecule has 2 aliphatic heterocycles. The average molecular weight is 436 g/mol. The molecule has 1 aromatic rings. The molecule has 0 unspecified atom stereocenters. The zero-order valence-electron chi connectivity index (χ0n) is 15.4. The molecule has 1 saturated heterocycles. The molecule has 1 N–H and O–H groups in total. The van der Waals surface area contributed by atoms with E-state index in [1.165, 1.54) is 12.2 Å². The van der Waals surface area contributed by atoms with Crippen LogP contribution in [-0.4, -0.2) is 52.9 Å². The van der Waals surface area contributed by atoms with Crippen molar-refractivity contribution in [3.05, 3.63) is 42.0 Å². The van der Waals surface area contributed by atoms with Crippen LogP contribution in [0.5, 0.6) is 0 Å². The third kappa shape index (κ3) is 4.44. The van der Waals surface area contributed by atoms with Gasteiger partial charge in [-0.1, -0.05) is 12.1 Å². The summed E-state index contributed by atoms with van der Waals surface area (Å²) in [5.74, 6) is -4.13. The molecule has 158 valence electrons. The first-order chi connectivity index (χ1) is 14.1. The van der Waals surface area contributed by atoms with Crippen molar-refractivity contribution in [2.45, 2.75) is 30.9 Å². The van der Waals surface area contributed by atoms with Crippen LogP contribution in [0.1, 0.15) is 24.8 Å². The molecular formula is C18H16N2O9S. The van der Waals surface area contributed by atoms with Gasteiger partial charge < -0.3 is 4.84 Å². The van der Waals surface area contributed by atoms with Crippen molar-refractivity contribution in [3.63, 3.8) is 0 Å². The van der Waals surface area contributed by atoms with Gasteiger partial charge in [-0.2, -0.15) is 8.42 Å². The second kappa shape index (κ2) is 8.16. The number of amides is 4. The zero-order chi connectivity index (χ0) is 22.1. The molecule has 0 bridgehead atoms. The quantitative estimate of drug-likeness (QED) is 0.456. The summed E-state index contributed by atoms with van der Waals surface area (Å²) in [6.45, 7) is 0. The highest BCUT2D eigenvalue weighted by atomic mass is 32.2. The Morgan fingerprint density at radius 3 is 2.20 bits per heavy atom. The summed E-state index contributed by atoms with van der Waals surface area (Å²) in [6.07, 6.45) is 2.10. The molecule has 4 amide bonds. The van der Waals surface area contributed by atoms with Crippen LogP contribution in [0.4, 0.5) is 5.69 Å². The Kier molecular flexibility index (Phi) is 5.80. The van der Waals surface area contributed by atoms with Gasteiger partial charge in [-0.15, -0.1) is 5.06 Å². The standard InChI is InChI=1S/C18H16N2O9S/c21-14-8-9-15(22)19(14)12-6-4-11(5-7-12)2-1-3-17(24)29-20-16(23)10-13(18(20)25)30(26,27)28/h4-9,13H,1-3,10H2,(H,26,27,28)/t13-/m0/s1. The van der Waals surface area contributed by atoms with Crippen LogP contribution in [0.3, 0.4) is 0 Å². The smallest absolute Gasteiger partial charge is 0.330 e. The molecule has 11 nitrogen and oxygen atoms in total. The van der Waals surface area contributed by atoms with Gasteiger partial charge in [0.15, 0.2) is 5.25 Å². The van der Waals surface area contributed by atoms with Crippen molar-refractivity contribution in [2.75, 3.05) is 4.90 Å². The minimum atomic E-state index is -4.78. The molecule has 2 heterocycles. The van der Waals surface area contributed by atoms with Crippen LogP contribution in [0.2, 0.25) is 0 Å². The predicted octanol–water partition coefficient (Wildman–Crippen LogP) is -0.0878. The van der Waals surface area contributed by atoms with Gasteiger partial charge >= 0.3 is 5.97 Å². The Labute approximate surface area is 170 Å². The minimum Gasteiger partial charge on any atom is -0.330 e. The molecule has 0 aliphatic carbocycles. The van der Waals surface area contributed by atoms with Crippen LogP contribution in [0.25, 0.3) is 0 Å². The van der Waals surface area contributed by atoms with E-state index in [1.54, 1.807) is 24.3 Å². The molecule has 0 spiro atoms. The number of nitrogens with zero attached hydrogens (tertiary/aromatic N) is 2. The van der Waals surface area contributed by atoms with Gasteiger partial charge in [0.2, 0.25) is 0 Å². The van der Waals surface area contributed by atoms with Crippen LogP contribution >= 0.6 is 0 Å². The summed E-state index contributed by atoms with van der Waals surface area (Å²) < 4.78 is 31.1. The van der Waals surface area contributed by atoms with Crippen LogP contribution in [-0.2, 0) is 45.3 Å². The fraction of sp³-hybridized carbons (Fsp3) is 0.278. The zero-order valence-corrected chi connectivity index (χ0v) is 16.2. The highest BCUT2D eigenvalue weighted by molar-refractivity contribution is 7.87. The van der Waals surface area contributed by atoms with Crippen LogP contribution < -0.4 is 4.90 Å². The second-order valence-corrected chi connectivity index (χ2v) is 8.16. The van der Waals surface area contributed by atoms with E-state index < -0.39 is 51.4 Å². The molecule has 30 heavy (non-hydrogen) atoms. The summed E-state index contributed by atoms with van der Waals surface area (Å²) in [5, 5.41) is -1.91. The number of benzene rings is 1. The van der Waals surface area contributed by atoms with Crippen molar-refractivity contribution >= 4 is 45.4 Å². The lowest BCUT2D eigenvalue weighted by Crippen LogP contribution is -2.36. The third-order valence-electron chi connectivity index (χ3n) is 4.46. The van der Waals surface area contributed by atoms with Gasteiger partial charge in [-0.05, 0) is 30.5 Å². The summed E-state index contributed by atoms with van der Waals surface area (Å²) in [6, 6.07) is 6.55. The summed E-state index contributed by atoms with van der Waals surface area (Å²) in [7, 11) is -4.78. The van der Waals surface area contributed by atoms with Gasteiger partial charge in [0, 0.05) is 18.6 Å². The monoisotopic (exact) mass is 436 g/mol. The number of imide groups is 2. The summed E-state index contributed by atoms with van der Waals surface area (Å²) in [4.78, 5) is 64.3. The number of rotatable bonds is 7. The highest BCUT2D eigenvalue weighted by Crippen LogP contribution is 2.22. The number of carbonyl (C=O) groups is 5. The van der Waals surface area contributed by atoms with Crippen LogP contribution in [0, 0.1) is 0 Å². The SMILES string of the molecule is O=C(CCCc1ccc(N2C(=O)C=CC2=O)cc1)ON1C(=O)C[C@H](S(=O)(=O)O)C1=O. The molecule has 0 radical (unpaired) electrons. The molecule has 1 fully saturated rings. The molecular weight excluding hydrogens is 420 g/mol. The van der Waals surface area contributed by atoms with Crippen molar-refractivity contribution < 1.29 is 41.8 Å². The Bertz CT molecular complexity index is 1040. The van der Waals surface area contributed by atoms with E-state index in [0.717, 1.165) is 10.5 Å². The van der Waals surface area contributed by atoms with Gasteiger partial charge in [0.05, 0.1) is 12.1 Å². The van der Waals surface area contributed by atoms with Crippen molar-refractivity contribution in [3.8, 4) is 0 Å². The van der Waals surface area contributed by atoms with Crippen LogP contribution in [0.15, 0.2) is 36.4 Å². The maximum absolute atomic E-state index is 11.9. The number of carbonyl (C=O) groups excluding carboxylic acids is 5. The van der Waals surface area contributed by atoms with E-state index in [0.29, 0.717) is 18.5 Å². The molecule has 0 saturated carbocycles. The van der Waals surface area contributed by atoms with E-state index in [9.17, 15) is 32.4 Å². The lowest BCUT2D eigenvalue weighted by atomic mass is 10.1. The summed E-state index contributed by atoms with van der Waals surface area (Å²) >= 11 is 0. The number of hydrogen-bond donors (Lipinski definition) is 1. The fourth-order valence-electron chi connectivity index (χ4n) is 2.96. The molecule has 2 aliphatic rings. The average Bonchev–Trinajstić information content (AvgIpc) is 3.15. The van der Waals surface area contributed by atoms with Gasteiger partial charge in [0.25, 0.3) is 33.7 Å². The molecule has 12 heteroatoms. The number of hydroxylamine groups is 2. The lowest BCUT2D eigenvalue weighted by Gasteiger charge is -2.14. The number of aryl methyl sites for hydroxylation is 1. The Morgan fingerprint density at radius 1 is 1.07 bits per heavy atom. The minimum absolute atomic E-state index is 0.0632. The Hall–Kier alpha value is -3.38. The first-order valence-corrected chi connectivity index (χ1v) is 10.3. The van der Waals surface area contributed by atoms with E-state index in [-0.39, 0.29) is 11.5 Å². The molecule has 1 aromatic carbocycles. The third-order valence-corrected chi connectivity index (χ3v) is 5.55. The largest absolute Gasteiger partial charge is 0.333 e. The topological polar surface area (TPSA) is 155 Å². The maximum Gasteiger partial charge on any atom is 0.333 e.